The minimum Gasteiger partial charge on any atom is -0.481 e. The molecule has 0 aliphatic heterocycles. The van der Waals surface area contributed by atoms with Crippen molar-refractivity contribution in [2.75, 3.05) is 0 Å². The molecule has 0 unspecified atom stereocenters. The lowest BCUT2D eigenvalue weighted by molar-refractivity contribution is -0.144. The Bertz CT molecular complexity index is 123. The van der Waals surface area contributed by atoms with E-state index in [1.165, 1.54) is 6.92 Å². The third-order valence-electron chi connectivity index (χ3n) is 1.82. The van der Waals surface area contributed by atoms with Crippen LogP contribution in [-0.4, -0.2) is 22.3 Å². The first-order valence-electron chi connectivity index (χ1n) is 4.00. The van der Waals surface area contributed by atoms with E-state index in [1.54, 1.807) is 0 Å². The highest BCUT2D eigenvalue weighted by Gasteiger charge is 2.19. The maximum atomic E-state index is 10.3. The van der Waals surface area contributed by atoms with Crippen molar-refractivity contribution in [1.82, 2.24) is 0 Å². The van der Waals surface area contributed by atoms with E-state index in [0.717, 1.165) is 12.8 Å². The summed E-state index contributed by atoms with van der Waals surface area (Å²) in [6.45, 7) is 3.54. The summed E-state index contributed by atoms with van der Waals surface area (Å²) in [5.74, 6) is -1.56. The molecule has 0 aromatic carbocycles. The molecule has 0 amide bonds. The highest BCUT2D eigenvalue weighted by atomic mass is 16.4. The number of rotatable bonds is 5. The second-order valence-electron chi connectivity index (χ2n) is 2.84. The zero-order valence-electron chi connectivity index (χ0n) is 7.08. The average Bonchev–Trinajstić information content (AvgIpc) is 1.98. The third-order valence-corrected chi connectivity index (χ3v) is 1.82. The molecule has 0 heterocycles. The molecule has 2 atom stereocenters. The Morgan fingerprint density at radius 1 is 1.55 bits per heavy atom. The number of carboxylic acid groups (broad SMARTS) is 1. The number of carboxylic acids is 1. The molecule has 0 saturated heterocycles. The monoisotopic (exact) mass is 160 g/mol. The van der Waals surface area contributed by atoms with Crippen molar-refractivity contribution in [3.63, 3.8) is 0 Å². The quantitative estimate of drug-likeness (QED) is 0.636. The van der Waals surface area contributed by atoms with Crippen LogP contribution in [0.2, 0.25) is 0 Å². The van der Waals surface area contributed by atoms with E-state index < -0.39 is 18.0 Å². The zero-order chi connectivity index (χ0) is 8.85. The van der Waals surface area contributed by atoms with Crippen molar-refractivity contribution in [1.29, 1.82) is 0 Å². The minimum absolute atomic E-state index is 0.587. The molecule has 0 aromatic rings. The lowest BCUT2D eigenvalue weighted by Crippen LogP contribution is -2.25. The summed E-state index contributed by atoms with van der Waals surface area (Å²) in [4.78, 5) is 10.3. The Balaban J connectivity index is 3.63. The van der Waals surface area contributed by atoms with Crippen LogP contribution in [0.25, 0.3) is 0 Å². The standard InChI is InChI=1S/C8H16O3/c1-3-4-5-7(9)6(2)8(10)11/h6-7,9H,3-5H2,1-2H3,(H,10,11)/t6-,7+/m0/s1. The molecular weight excluding hydrogens is 144 g/mol. The second-order valence-corrected chi connectivity index (χ2v) is 2.84. The van der Waals surface area contributed by atoms with Gasteiger partial charge in [0.15, 0.2) is 0 Å². The number of hydrogen-bond acceptors (Lipinski definition) is 2. The first kappa shape index (κ1) is 10.4. The smallest absolute Gasteiger partial charge is 0.308 e. The number of hydrogen-bond donors (Lipinski definition) is 2. The van der Waals surface area contributed by atoms with Crippen molar-refractivity contribution >= 4 is 5.97 Å². The van der Waals surface area contributed by atoms with Crippen LogP contribution in [0.3, 0.4) is 0 Å². The molecule has 2 N–H and O–H groups in total. The maximum Gasteiger partial charge on any atom is 0.308 e. The van der Waals surface area contributed by atoms with Gasteiger partial charge in [-0.25, -0.2) is 0 Å². The first-order valence-corrected chi connectivity index (χ1v) is 4.00. The summed E-state index contributed by atoms with van der Waals surface area (Å²) in [5.41, 5.74) is 0. The highest BCUT2D eigenvalue weighted by molar-refractivity contribution is 5.70. The Labute approximate surface area is 67.0 Å². The maximum absolute atomic E-state index is 10.3. The van der Waals surface area contributed by atoms with Gasteiger partial charge < -0.3 is 10.2 Å². The van der Waals surface area contributed by atoms with Gasteiger partial charge in [-0.2, -0.15) is 0 Å². The molecule has 66 valence electrons. The number of aliphatic hydroxyl groups excluding tert-OH is 1. The van der Waals surface area contributed by atoms with Crippen LogP contribution >= 0.6 is 0 Å². The third kappa shape index (κ3) is 3.98. The Morgan fingerprint density at radius 2 is 2.09 bits per heavy atom. The van der Waals surface area contributed by atoms with Crippen molar-refractivity contribution in [3.05, 3.63) is 0 Å². The summed E-state index contributed by atoms with van der Waals surface area (Å²) >= 11 is 0. The molecular formula is C8H16O3. The van der Waals surface area contributed by atoms with Gasteiger partial charge in [0.05, 0.1) is 12.0 Å². The van der Waals surface area contributed by atoms with Crippen LogP contribution < -0.4 is 0 Å². The number of aliphatic carboxylic acids is 1. The highest BCUT2D eigenvalue weighted by Crippen LogP contribution is 2.10. The molecule has 0 aromatic heterocycles. The molecule has 0 spiro atoms. The number of carbonyl (C=O) groups is 1. The Hall–Kier alpha value is -0.570. The summed E-state index contributed by atoms with van der Waals surface area (Å²) in [6, 6.07) is 0. The Kier molecular flexibility index (Phi) is 4.86. The van der Waals surface area contributed by atoms with Gasteiger partial charge in [0.2, 0.25) is 0 Å². The summed E-state index contributed by atoms with van der Waals surface area (Å²) in [5, 5.41) is 17.7. The molecule has 3 heteroatoms. The van der Waals surface area contributed by atoms with Gasteiger partial charge in [-0.15, -0.1) is 0 Å². The SMILES string of the molecule is CCCC[C@@H](O)[C@H](C)C(=O)O. The van der Waals surface area contributed by atoms with Crippen LogP contribution in [0.15, 0.2) is 0 Å². The van der Waals surface area contributed by atoms with E-state index >= 15 is 0 Å². The molecule has 0 bridgehead atoms. The van der Waals surface area contributed by atoms with Crippen molar-refractivity contribution in [2.45, 2.75) is 39.2 Å². The van der Waals surface area contributed by atoms with Crippen LogP contribution in [0, 0.1) is 5.92 Å². The van der Waals surface area contributed by atoms with E-state index in [1.807, 2.05) is 6.92 Å². The van der Waals surface area contributed by atoms with E-state index in [2.05, 4.69) is 0 Å². The predicted octanol–water partition coefficient (Wildman–Crippen LogP) is 1.26. The molecule has 11 heavy (non-hydrogen) atoms. The largest absolute Gasteiger partial charge is 0.481 e. The lowest BCUT2D eigenvalue weighted by atomic mass is 10.0. The van der Waals surface area contributed by atoms with Gasteiger partial charge in [0.1, 0.15) is 0 Å². The summed E-state index contributed by atoms with van der Waals surface area (Å²) in [6.07, 6.45) is 1.78. The minimum atomic E-state index is -0.923. The van der Waals surface area contributed by atoms with E-state index in [4.69, 9.17) is 5.11 Å². The number of aliphatic hydroxyl groups is 1. The van der Waals surface area contributed by atoms with Gasteiger partial charge in [-0.05, 0) is 13.3 Å². The van der Waals surface area contributed by atoms with E-state index in [-0.39, 0.29) is 0 Å². The van der Waals surface area contributed by atoms with Gasteiger partial charge in [-0.1, -0.05) is 19.8 Å². The summed E-state index contributed by atoms with van der Waals surface area (Å²) < 4.78 is 0. The van der Waals surface area contributed by atoms with Gasteiger partial charge in [0.25, 0.3) is 0 Å². The van der Waals surface area contributed by atoms with Crippen LogP contribution in [-0.2, 0) is 4.79 Å². The fourth-order valence-corrected chi connectivity index (χ4v) is 0.828. The van der Waals surface area contributed by atoms with Crippen molar-refractivity contribution in [2.24, 2.45) is 5.92 Å². The molecule has 0 radical (unpaired) electrons. The fraction of sp³-hybridized carbons (Fsp3) is 0.875. The summed E-state index contributed by atoms with van der Waals surface area (Å²) in [7, 11) is 0. The van der Waals surface area contributed by atoms with Crippen LogP contribution in [0.4, 0.5) is 0 Å². The normalized spacial score (nSPS) is 15.9. The van der Waals surface area contributed by atoms with Crippen molar-refractivity contribution in [3.8, 4) is 0 Å². The lowest BCUT2D eigenvalue weighted by Gasteiger charge is -2.13. The molecule has 0 aliphatic carbocycles. The van der Waals surface area contributed by atoms with Gasteiger partial charge in [-0.3, -0.25) is 4.79 Å². The fourth-order valence-electron chi connectivity index (χ4n) is 0.828. The van der Waals surface area contributed by atoms with Crippen molar-refractivity contribution < 1.29 is 15.0 Å². The van der Waals surface area contributed by atoms with E-state index in [0.29, 0.717) is 6.42 Å². The number of unbranched alkanes of at least 4 members (excludes halogenated alkanes) is 1. The van der Waals surface area contributed by atoms with E-state index in [9.17, 15) is 9.90 Å². The molecule has 0 aliphatic rings. The topological polar surface area (TPSA) is 57.5 Å². The van der Waals surface area contributed by atoms with Crippen LogP contribution in [0.1, 0.15) is 33.1 Å². The second kappa shape index (κ2) is 5.13. The predicted molar refractivity (Wildman–Crippen MR) is 42.3 cm³/mol. The zero-order valence-corrected chi connectivity index (χ0v) is 7.08. The average molecular weight is 160 g/mol. The molecule has 0 saturated carbocycles. The first-order chi connectivity index (χ1) is 5.09. The molecule has 0 fully saturated rings. The Morgan fingerprint density at radius 3 is 2.45 bits per heavy atom. The van der Waals surface area contributed by atoms with Crippen LogP contribution in [0.5, 0.6) is 0 Å². The molecule has 0 rings (SSSR count). The van der Waals surface area contributed by atoms with Gasteiger partial charge in [0, 0.05) is 0 Å². The molecule has 3 nitrogen and oxygen atoms in total. The van der Waals surface area contributed by atoms with Gasteiger partial charge >= 0.3 is 5.97 Å².